The maximum atomic E-state index is 12.7. The first-order valence-corrected chi connectivity index (χ1v) is 3.26. The lowest BCUT2D eigenvalue weighted by Crippen LogP contribution is -2.13. The number of hydrogen-bond acceptors (Lipinski definition) is 0. The molecule has 3 atom stereocenters. The molecule has 2 aliphatic carbocycles. The Labute approximate surface area is 52.6 Å². The third-order valence-corrected chi connectivity index (χ3v) is 2.28. The summed E-state index contributed by atoms with van der Waals surface area (Å²) < 4.78 is 25.3. The zero-order chi connectivity index (χ0) is 6.43. The molecule has 50 valence electrons. The molecule has 2 rings (SSSR count). The van der Waals surface area contributed by atoms with Gasteiger partial charge >= 0.3 is 0 Å². The third kappa shape index (κ3) is 0.562. The first-order chi connectivity index (χ1) is 4.29. The van der Waals surface area contributed by atoms with Gasteiger partial charge in [-0.3, -0.25) is 0 Å². The summed E-state index contributed by atoms with van der Waals surface area (Å²) in [6, 6.07) is 0. The lowest BCUT2D eigenvalue weighted by atomic mass is 10.0. The van der Waals surface area contributed by atoms with Gasteiger partial charge in [0.05, 0.1) is 0 Å². The minimum atomic E-state index is -0.944. The molecule has 0 aromatic carbocycles. The van der Waals surface area contributed by atoms with Crippen molar-refractivity contribution in [1.29, 1.82) is 0 Å². The minimum Gasteiger partial charge on any atom is -0.247 e. The van der Waals surface area contributed by atoms with Gasteiger partial charge in [0.1, 0.15) is 12.3 Å². The van der Waals surface area contributed by atoms with Crippen LogP contribution in [0.4, 0.5) is 8.78 Å². The fourth-order valence-corrected chi connectivity index (χ4v) is 1.70. The molecule has 0 aromatic heterocycles. The molecule has 2 bridgehead atoms. The fraction of sp³-hybridized carbons (Fsp3) is 0.714. The van der Waals surface area contributed by atoms with Crippen molar-refractivity contribution in [3.63, 3.8) is 0 Å². The molecule has 2 aliphatic rings. The van der Waals surface area contributed by atoms with Crippen molar-refractivity contribution in [2.45, 2.75) is 25.2 Å². The van der Waals surface area contributed by atoms with Crippen LogP contribution in [0.1, 0.15) is 12.8 Å². The van der Waals surface area contributed by atoms with Crippen LogP contribution in [-0.4, -0.2) is 12.3 Å². The van der Waals surface area contributed by atoms with E-state index < -0.39 is 12.3 Å². The van der Waals surface area contributed by atoms with Gasteiger partial charge in [-0.05, 0) is 12.0 Å². The van der Waals surface area contributed by atoms with Crippen LogP contribution in [0.25, 0.3) is 0 Å². The second-order valence-corrected chi connectivity index (χ2v) is 2.80. The number of hydrogen-bond donors (Lipinski definition) is 0. The molecule has 0 N–H and O–H groups in total. The molecule has 9 heavy (non-hydrogen) atoms. The maximum absolute atomic E-state index is 12.7. The molecule has 0 aliphatic heterocycles. The predicted molar refractivity (Wildman–Crippen MR) is 30.6 cm³/mol. The highest BCUT2D eigenvalue weighted by Crippen LogP contribution is 2.43. The van der Waals surface area contributed by atoms with E-state index in [4.69, 9.17) is 0 Å². The molecule has 1 saturated carbocycles. The molecule has 0 radical (unpaired) electrons. The molecule has 2 heteroatoms. The van der Waals surface area contributed by atoms with E-state index in [1.54, 1.807) is 0 Å². The largest absolute Gasteiger partial charge is 0.247 e. The Bertz CT molecular complexity index is 162. The van der Waals surface area contributed by atoms with Gasteiger partial charge in [-0.15, -0.1) is 0 Å². The average molecular weight is 130 g/mol. The van der Waals surface area contributed by atoms with Gasteiger partial charge in [0.2, 0.25) is 0 Å². The normalized spacial score (nSPS) is 47.8. The summed E-state index contributed by atoms with van der Waals surface area (Å²) in [6.07, 6.45) is 0.981. The highest BCUT2D eigenvalue weighted by Gasteiger charge is 2.43. The lowest BCUT2D eigenvalue weighted by molar-refractivity contribution is 0.204. The highest BCUT2D eigenvalue weighted by atomic mass is 19.1. The van der Waals surface area contributed by atoms with Crippen LogP contribution < -0.4 is 0 Å². The Balaban J connectivity index is 2.28. The van der Waals surface area contributed by atoms with E-state index in [2.05, 4.69) is 0 Å². The Morgan fingerprint density at radius 3 is 2.44 bits per heavy atom. The van der Waals surface area contributed by atoms with Gasteiger partial charge in [-0.25, -0.2) is 8.78 Å². The Hall–Kier alpha value is -0.400. The number of alkyl halides is 2. The summed E-state index contributed by atoms with van der Waals surface area (Å²) in [5, 5.41) is 0. The Morgan fingerprint density at radius 1 is 1.44 bits per heavy atom. The monoisotopic (exact) mass is 130 g/mol. The van der Waals surface area contributed by atoms with Crippen LogP contribution in [-0.2, 0) is 0 Å². The van der Waals surface area contributed by atoms with E-state index >= 15 is 0 Å². The van der Waals surface area contributed by atoms with Crippen LogP contribution in [0.3, 0.4) is 0 Å². The van der Waals surface area contributed by atoms with E-state index in [0.717, 1.165) is 0 Å². The second kappa shape index (κ2) is 1.55. The SMILES string of the molecule is FC1C2=CC[C@H]1[C@H](F)C2. The van der Waals surface area contributed by atoms with Crippen molar-refractivity contribution in [3.05, 3.63) is 11.6 Å². The average Bonchev–Trinajstić information content (AvgIpc) is 2.25. The molecule has 0 aromatic rings. The quantitative estimate of drug-likeness (QED) is 0.440. The van der Waals surface area contributed by atoms with Crippen LogP contribution in [0.15, 0.2) is 11.6 Å². The summed E-state index contributed by atoms with van der Waals surface area (Å²) in [5.41, 5.74) is 0.701. The van der Waals surface area contributed by atoms with Gasteiger partial charge in [-0.2, -0.15) is 0 Å². The topological polar surface area (TPSA) is 0 Å². The highest BCUT2D eigenvalue weighted by molar-refractivity contribution is 5.25. The molecular weight excluding hydrogens is 122 g/mol. The molecule has 1 fully saturated rings. The summed E-state index contributed by atoms with van der Waals surface area (Å²) in [6.45, 7) is 0. The minimum absolute atomic E-state index is 0.319. The summed E-state index contributed by atoms with van der Waals surface area (Å²) in [4.78, 5) is 0. The van der Waals surface area contributed by atoms with Crippen molar-refractivity contribution < 1.29 is 8.78 Å². The van der Waals surface area contributed by atoms with Crippen molar-refractivity contribution >= 4 is 0 Å². The molecule has 0 heterocycles. The summed E-state index contributed by atoms with van der Waals surface area (Å²) in [5.74, 6) is -0.319. The molecule has 0 amide bonds. The van der Waals surface area contributed by atoms with Crippen molar-refractivity contribution in [1.82, 2.24) is 0 Å². The number of halogens is 2. The molecule has 0 nitrogen and oxygen atoms in total. The molecule has 0 spiro atoms. The Morgan fingerprint density at radius 2 is 2.22 bits per heavy atom. The number of allylic oxidation sites excluding steroid dienone is 2. The van der Waals surface area contributed by atoms with Crippen molar-refractivity contribution in [3.8, 4) is 0 Å². The molecule has 0 saturated heterocycles. The summed E-state index contributed by atoms with van der Waals surface area (Å²) in [7, 11) is 0. The van der Waals surface area contributed by atoms with Crippen molar-refractivity contribution in [2.75, 3.05) is 0 Å². The van der Waals surface area contributed by atoms with E-state index in [-0.39, 0.29) is 5.92 Å². The predicted octanol–water partition coefficient (Wildman–Crippen LogP) is 2.01. The van der Waals surface area contributed by atoms with E-state index in [1.165, 1.54) is 0 Å². The van der Waals surface area contributed by atoms with E-state index in [1.807, 2.05) is 6.08 Å². The smallest absolute Gasteiger partial charge is 0.127 e. The van der Waals surface area contributed by atoms with Crippen LogP contribution in [0.2, 0.25) is 0 Å². The standard InChI is InChI=1S/C7H8F2/c8-6-3-4-1-2-5(6)7(4)9/h1,5-7H,2-3H2/t5-,6+,7?/m0/s1. The van der Waals surface area contributed by atoms with Gasteiger partial charge in [-0.1, -0.05) is 6.08 Å². The fourth-order valence-electron chi connectivity index (χ4n) is 1.70. The third-order valence-electron chi connectivity index (χ3n) is 2.28. The molecule has 1 unspecified atom stereocenters. The Kier molecular flexibility index (Phi) is 0.930. The maximum Gasteiger partial charge on any atom is 0.127 e. The van der Waals surface area contributed by atoms with Gasteiger partial charge in [0.25, 0.3) is 0 Å². The van der Waals surface area contributed by atoms with E-state index in [0.29, 0.717) is 18.4 Å². The zero-order valence-corrected chi connectivity index (χ0v) is 4.98. The van der Waals surface area contributed by atoms with Gasteiger partial charge in [0.15, 0.2) is 0 Å². The zero-order valence-electron chi connectivity index (χ0n) is 4.98. The van der Waals surface area contributed by atoms with Crippen LogP contribution >= 0.6 is 0 Å². The lowest BCUT2D eigenvalue weighted by Gasteiger charge is -2.08. The van der Waals surface area contributed by atoms with Crippen molar-refractivity contribution in [2.24, 2.45) is 5.92 Å². The van der Waals surface area contributed by atoms with Gasteiger partial charge < -0.3 is 0 Å². The number of fused-ring (bicyclic) bond motifs is 2. The van der Waals surface area contributed by atoms with E-state index in [9.17, 15) is 8.78 Å². The van der Waals surface area contributed by atoms with Crippen LogP contribution in [0, 0.1) is 5.92 Å². The van der Waals surface area contributed by atoms with Crippen LogP contribution in [0.5, 0.6) is 0 Å². The second-order valence-electron chi connectivity index (χ2n) is 2.80. The molecular formula is C7H8F2. The summed E-state index contributed by atoms with van der Waals surface area (Å²) >= 11 is 0. The number of rotatable bonds is 0. The first kappa shape index (κ1) is 5.39. The van der Waals surface area contributed by atoms with Gasteiger partial charge in [0, 0.05) is 12.3 Å². The first-order valence-electron chi connectivity index (χ1n) is 3.26.